The zero-order chi connectivity index (χ0) is 12.8. The first kappa shape index (κ1) is 12.6. The van der Waals surface area contributed by atoms with Crippen molar-refractivity contribution in [2.75, 3.05) is 13.7 Å². The van der Waals surface area contributed by atoms with Gasteiger partial charge in [0.15, 0.2) is 0 Å². The van der Waals surface area contributed by atoms with Crippen LogP contribution in [0.3, 0.4) is 0 Å². The van der Waals surface area contributed by atoms with Gasteiger partial charge in [-0.1, -0.05) is 12.1 Å². The van der Waals surface area contributed by atoms with Crippen molar-refractivity contribution in [3.8, 4) is 5.75 Å². The van der Waals surface area contributed by atoms with Crippen LogP contribution in [0.25, 0.3) is 0 Å². The van der Waals surface area contributed by atoms with Crippen LogP contribution in [-0.4, -0.2) is 28.7 Å². The molecular weight excluding hydrogens is 230 g/mol. The first-order valence-corrected chi connectivity index (χ1v) is 5.80. The molecule has 5 heteroatoms. The Morgan fingerprint density at radius 1 is 1.39 bits per heavy atom. The van der Waals surface area contributed by atoms with E-state index < -0.39 is 6.10 Å². The smallest absolute Gasteiger partial charge is 0.120 e. The molecule has 0 amide bonds. The van der Waals surface area contributed by atoms with Crippen LogP contribution >= 0.6 is 0 Å². The topological polar surface area (TPSA) is 70.2 Å². The second-order valence-electron chi connectivity index (χ2n) is 3.96. The number of hydrogen-bond acceptors (Lipinski definition) is 4. The van der Waals surface area contributed by atoms with Crippen LogP contribution in [0.15, 0.2) is 36.7 Å². The standard InChI is InChI=1S/C13H17N3O2/c1-18-11-4-2-10(3-5-11)12(17)8-14-9-13-15-6-7-16-13/h2-7,12,14,17H,8-9H2,1H3,(H,15,16). The van der Waals surface area contributed by atoms with Crippen molar-refractivity contribution < 1.29 is 9.84 Å². The summed E-state index contributed by atoms with van der Waals surface area (Å²) < 4.78 is 5.07. The Balaban J connectivity index is 1.81. The van der Waals surface area contributed by atoms with Crippen LogP contribution in [0.1, 0.15) is 17.5 Å². The fraction of sp³-hybridized carbons (Fsp3) is 0.308. The molecule has 1 aromatic heterocycles. The lowest BCUT2D eigenvalue weighted by molar-refractivity contribution is 0.174. The Bertz CT molecular complexity index is 454. The summed E-state index contributed by atoms with van der Waals surface area (Å²) >= 11 is 0. The first-order valence-electron chi connectivity index (χ1n) is 5.80. The number of benzene rings is 1. The van der Waals surface area contributed by atoms with Gasteiger partial charge in [0, 0.05) is 18.9 Å². The second kappa shape index (κ2) is 6.18. The van der Waals surface area contributed by atoms with Gasteiger partial charge in [0.25, 0.3) is 0 Å². The average molecular weight is 247 g/mol. The second-order valence-corrected chi connectivity index (χ2v) is 3.96. The van der Waals surface area contributed by atoms with Crippen LogP contribution in [-0.2, 0) is 6.54 Å². The minimum absolute atomic E-state index is 0.479. The van der Waals surface area contributed by atoms with E-state index >= 15 is 0 Å². The van der Waals surface area contributed by atoms with E-state index in [-0.39, 0.29) is 0 Å². The van der Waals surface area contributed by atoms with Gasteiger partial charge in [0.1, 0.15) is 11.6 Å². The van der Waals surface area contributed by atoms with Gasteiger partial charge in [-0.3, -0.25) is 0 Å². The molecule has 1 unspecified atom stereocenters. The van der Waals surface area contributed by atoms with Crippen LogP contribution < -0.4 is 10.1 Å². The molecule has 3 N–H and O–H groups in total. The van der Waals surface area contributed by atoms with Crippen LogP contribution in [0.5, 0.6) is 5.75 Å². The van der Waals surface area contributed by atoms with Gasteiger partial charge in [0.2, 0.25) is 0 Å². The number of H-pyrrole nitrogens is 1. The number of nitrogens with one attached hydrogen (secondary N) is 2. The highest BCUT2D eigenvalue weighted by Gasteiger charge is 2.07. The Labute approximate surface area is 106 Å². The number of hydrogen-bond donors (Lipinski definition) is 3. The lowest BCUT2D eigenvalue weighted by Crippen LogP contribution is -2.21. The lowest BCUT2D eigenvalue weighted by Gasteiger charge is -2.12. The maximum absolute atomic E-state index is 9.98. The highest BCUT2D eigenvalue weighted by Crippen LogP contribution is 2.16. The van der Waals surface area contributed by atoms with Gasteiger partial charge < -0.3 is 20.1 Å². The molecule has 1 aromatic carbocycles. The van der Waals surface area contributed by atoms with E-state index in [4.69, 9.17) is 4.74 Å². The van der Waals surface area contributed by atoms with Crippen LogP contribution in [0, 0.1) is 0 Å². The van der Waals surface area contributed by atoms with Crippen LogP contribution in [0.2, 0.25) is 0 Å². The molecule has 1 atom stereocenters. The van der Waals surface area contributed by atoms with Crippen molar-refractivity contribution in [1.29, 1.82) is 0 Å². The minimum Gasteiger partial charge on any atom is -0.497 e. The maximum atomic E-state index is 9.98. The summed E-state index contributed by atoms with van der Waals surface area (Å²) in [7, 11) is 1.62. The third-order valence-electron chi connectivity index (χ3n) is 2.69. The minimum atomic E-state index is -0.536. The predicted molar refractivity (Wildman–Crippen MR) is 68.2 cm³/mol. The summed E-state index contributed by atoms with van der Waals surface area (Å²) in [5.41, 5.74) is 0.864. The largest absolute Gasteiger partial charge is 0.497 e. The predicted octanol–water partition coefficient (Wildman–Crippen LogP) is 1.24. The zero-order valence-corrected chi connectivity index (χ0v) is 10.3. The summed E-state index contributed by atoms with van der Waals surface area (Å²) in [6.07, 6.45) is 2.94. The fourth-order valence-corrected chi connectivity index (χ4v) is 1.67. The first-order chi connectivity index (χ1) is 8.79. The summed E-state index contributed by atoms with van der Waals surface area (Å²) in [5, 5.41) is 13.1. The Morgan fingerprint density at radius 3 is 2.78 bits per heavy atom. The third-order valence-corrected chi connectivity index (χ3v) is 2.69. The Hall–Kier alpha value is -1.85. The van der Waals surface area contributed by atoms with Crippen molar-refractivity contribution in [3.05, 3.63) is 48.0 Å². The number of ether oxygens (including phenoxy) is 1. The summed E-state index contributed by atoms with van der Waals surface area (Å²) in [6, 6.07) is 7.40. The van der Waals surface area contributed by atoms with E-state index in [0.29, 0.717) is 13.1 Å². The number of rotatable bonds is 6. The summed E-state index contributed by atoms with van der Waals surface area (Å²) in [5.74, 6) is 1.64. The van der Waals surface area contributed by atoms with Crippen molar-refractivity contribution >= 4 is 0 Å². The molecule has 0 spiro atoms. The molecule has 0 saturated carbocycles. The van der Waals surface area contributed by atoms with Crippen molar-refractivity contribution in [3.63, 3.8) is 0 Å². The normalized spacial score (nSPS) is 12.3. The average Bonchev–Trinajstić information content (AvgIpc) is 2.92. The molecule has 96 valence electrons. The van der Waals surface area contributed by atoms with E-state index in [1.54, 1.807) is 19.5 Å². The molecule has 5 nitrogen and oxygen atoms in total. The van der Waals surface area contributed by atoms with Crippen molar-refractivity contribution in [1.82, 2.24) is 15.3 Å². The van der Waals surface area contributed by atoms with Gasteiger partial charge in [0.05, 0.1) is 19.8 Å². The molecule has 0 aliphatic heterocycles. The highest BCUT2D eigenvalue weighted by molar-refractivity contribution is 5.28. The summed E-state index contributed by atoms with van der Waals surface area (Å²) in [4.78, 5) is 7.09. The number of methoxy groups -OCH3 is 1. The third kappa shape index (κ3) is 3.32. The van der Waals surface area contributed by atoms with Crippen molar-refractivity contribution in [2.45, 2.75) is 12.6 Å². The Kier molecular flexibility index (Phi) is 4.33. The number of aromatic amines is 1. The molecule has 0 radical (unpaired) electrons. The van der Waals surface area contributed by atoms with E-state index in [0.717, 1.165) is 17.1 Å². The zero-order valence-electron chi connectivity index (χ0n) is 10.3. The lowest BCUT2D eigenvalue weighted by atomic mass is 10.1. The van der Waals surface area contributed by atoms with E-state index in [2.05, 4.69) is 15.3 Å². The van der Waals surface area contributed by atoms with Crippen LogP contribution in [0.4, 0.5) is 0 Å². The number of aliphatic hydroxyl groups excluding tert-OH is 1. The Morgan fingerprint density at radius 2 is 2.17 bits per heavy atom. The number of aromatic nitrogens is 2. The molecule has 0 aliphatic carbocycles. The maximum Gasteiger partial charge on any atom is 0.120 e. The monoisotopic (exact) mass is 247 g/mol. The molecule has 18 heavy (non-hydrogen) atoms. The fourth-order valence-electron chi connectivity index (χ4n) is 1.67. The number of nitrogens with zero attached hydrogens (tertiary/aromatic N) is 1. The number of imidazole rings is 1. The van der Waals surface area contributed by atoms with Gasteiger partial charge in [-0.2, -0.15) is 0 Å². The SMILES string of the molecule is COc1ccc(C(O)CNCc2ncc[nH]2)cc1. The van der Waals surface area contributed by atoms with Gasteiger partial charge in [-0.05, 0) is 17.7 Å². The quantitative estimate of drug-likeness (QED) is 0.718. The van der Waals surface area contributed by atoms with E-state index in [1.807, 2.05) is 24.3 Å². The summed E-state index contributed by atoms with van der Waals surface area (Å²) in [6.45, 7) is 1.09. The molecular formula is C13H17N3O2. The molecule has 1 heterocycles. The molecule has 0 saturated heterocycles. The molecule has 2 rings (SSSR count). The van der Waals surface area contributed by atoms with Crippen molar-refractivity contribution in [2.24, 2.45) is 0 Å². The highest BCUT2D eigenvalue weighted by atomic mass is 16.5. The molecule has 0 fully saturated rings. The van der Waals surface area contributed by atoms with Gasteiger partial charge >= 0.3 is 0 Å². The molecule has 0 aliphatic rings. The van der Waals surface area contributed by atoms with E-state index in [9.17, 15) is 5.11 Å². The van der Waals surface area contributed by atoms with Gasteiger partial charge in [-0.25, -0.2) is 4.98 Å². The molecule has 2 aromatic rings. The van der Waals surface area contributed by atoms with E-state index in [1.165, 1.54) is 0 Å². The number of aliphatic hydroxyl groups is 1. The van der Waals surface area contributed by atoms with Gasteiger partial charge in [-0.15, -0.1) is 0 Å². The molecule has 0 bridgehead atoms.